The molecule has 42 nitrogen and oxygen atoms in total. The first-order valence-corrected chi connectivity index (χ1v) is 47.9. The van der Waals surface area contributed by atoms with Crippen molar-refractivity contribution in [1.29, 1.82) is 0 Å². The maximum atomic E-state index is 15.9. The van der Waals surface area contributed by atoms with Crippen molar-refractivity contribution in [3.8, 4) is 5.75 Å². The zero-order chi connectivity index (χ0) is 99.9. The number of phenols is 1. The molecule has 6 heterocycles. The Hall–Kier alpha value is -13.0. The van der Waals surface area contributed by atoms with Crippen molar-refractivity contribution >= 4 is 134 Å². The van der Waals surface area contributed by atoms with Gasteiger partial charge in [0.15, 0.2) is 0 Å². The number of imidazole rings is 1. The molecular weight excluding hydrogens is 1790 g/mol. The molecule has 3 aromatic carbocycles. The van der Waals surface area contributed by atoms with Gasteiger partial charge in [-0.1, -0.05) is 95.0 Å². The number of benzene rings is 3. The normalized spacial score (nSPS) is 25.2. The van der Waals surface area contributed by atoms with Crippen LogP contribution in [0.1, 0.15) is 166 Å². The molecule has 746 valence electrons. The topological polar surface area (TPSA) is 634 Å². The first-order chi connectivity index (χ1) is 65.4. The average Bonchev–Trinajstić information content (AvgIpc) is 1.75. The number of nitrogens with two attached hydrogens (primary N) is 3. The van der Waals surface area contributed by atoms with Gasteiger partial charge in [-0.3, -0.25) is 81.5 Å². The molecule has 3 saturated heterocycles. The number of phenolic OH excluding ortho intramolecular Hbond substituents is 1. The minimum Gasteiger partial charge on any atom is -0.508 e. The van der Waals surface area contributed by atoms with Gasteiger partial charge in [0.2, 0.25) is 88.6 Å². The van der Waals surface area contributed by atoms with E-state index >= 15 is 33.6 Å². The number of aromatic amines is 3. The van der Waals surface area contributed by atoms with Gasteiger partial charge in [-0.25, -0.2) is 4.98 Å². The molecule has 137 heavy (non-hydrogen) atoms. The molecule has 3 aliphatic heterocycles. The van der Waals surface area contributed by atoms with Crippen molar-refractivity contribution in [3.05, 3.63) is 120 Å². The number of nitrogens with zero attached hydrogens (tertiary/aromatic N) is 6. The van der Waals surface area contributed by atoms with Crippen molar-refractivity contribution in [2.75, 3.05) is 65.4 Å². The second-order valence-electron chi connectivity index (χ2n) is 35.7. The van der Waals surface area contributed by atoms with E-state index in [0.717, 1.165) is 31.2 Å². The number of aliphatic hydroxyl groups is 1. The average molecular weight is 1930 g/mol. The number of hydrogen-bond acceptors (Lipinski definition) is 23. The largest absolute Gasteiger partial charge is 0.508 e. The molecule has 1 unspecified atom stereocenters. The Balaban J connectivity index is 1.11. The highest BCUT2D eigenvalue weighted by Gasteiger charge is 2.47. The van der Waals surface area contributed by atoms with Crippen molar-refractivity contribution in [2.24, 2.45) is 29.0 Å². The number of unbranched alkanes of at least 4 members (excludes halogenated alkanes) is 4. The van der Waals surface area contributed by atoms with Crippen LogP contribution >= 0.6 is 11.8 Å². The van der Waals surface area contributed by atoms with Gasteiger partial charge in [-0.05, 0) is 150 Å². The molecule has 3 aliphatic rings. The fourth-order valence-electron chi connectivity index (χ4n) is 17.8. The molecule has 15 amide bonds. The molecule has 6 aromatic rings. The van der Waals surface area contributed by atoms with Crippen LogP contribution in [0.15, 0.2) is 97.7 Å². The van der Waals surface area contributed by atoms with Gasteiger partial charge in [0.05, 0.1) is 43.3 Å². The summed E-state index contributed by atoms with van der Waals surface area (Å²) in [5, 5.41) is 68.0. The lowest BCUT2D eigenvalue weighted by Gasteiger charge is -2.36. The Morgan fingerprint density at radius 2 is 1.07 bits per heavy atom. The lowest BCUT2D eigenvalue weighted by Crippen LogP contribution is -2.60. The monoisotopic (exact) mass is 1920 g/mol. The third kappa shape index (κ3) is 30.5. The summed E-state index contributed by atoms with van der Waals surface area (Å²) in [6.45, 7) is 6.00. The number of carbonyl (C=O) groups excluding carboxylic acids is 15. The second kappa shape index (κ2) is 52.3. The molecule has 0 aliphatic carbocycles. The summed E-state index contributed by atoms with van der Waals surface area (Å²) < 4.78 is 0. The standard InChI is InChI=1S/C94H133N21O21S/c1-8-10-27-74-88(130)107-69(43-80(120)121)87(129)110-73(84(126)101-48-78(97)118)50-137-51-79(119)103-70(38-55-30-32-60(116)33-31-55)90(132)111(5)54(4)82(124)108-72(44-81(122)123)93(135)114-36-20-29-75(114)89(131)106-68(41-59-47-98-52-102-59)86(128)105-67(26-17-19-35-96)92(134)115-49-61(117)42-77(115)53(3)37-56(39-57-45-99-64-23-14-12-21-62(57)64)83(125)104-66(25-16-18-34-95)85(127)109-71(40-58-46-100-65-24-15-13-22-63(58)65)91(133)113(7)76(28-11-9-2)94(136)112(74)6/h12-15,21-24,30-33,45-47,52-54,56,61,66-77,99-100,116-117H,8-11,16-20,25-29,34-44,48-51,95-96H2,1-7H3,(H2,97,118)(H,98,102)(H,101,126)(H,103,119)(H,104,125)(H,105,128)(H,106,131)(H,107,130)(H,108,124)(H,109,127)(H,110,129)(H,120,121)(H,122,123)/t53?,54-,56-,61+,66-,67-,68-,69-,70-,71-,72-,73-,74-,75-,76-,77-/m0/s1. The van der Waals surface area contributed by atoms with E-state index in [1.165, 1.54) is 74.7 Å². The summed E-state index contributed by atoms with van der Waals surface area (Å²) in [6, 6.07) is 0.631. The van der Waals surface area contributed by atoms with Gasteiger partial charge in [0, 0.05) is 112 Å². The number of thioether (sulfide) groups is 1. The number of likely N-dealkylation sites (N-methyl/N-ethyl adjacent to an activating group) is 3. The maximum Gasteiger partial charge on any atom is 0.305 e. The van der Waals surface area contributed by atoms with E-state index in [1.807, 2.05) is 56.3 Å². The lowest BCUT2D eigenvalue weighted by molar-refractivity contribution is -0.149. The van der Waals surface area contributed by atoms with Gasteiger partial charge >= 0.3 is 11.9 Å². The second-order valence-corrected chi connectivity index (χ2v) is 36.7. The summed E-state index contributed by atoms with van der Waals surface area (Å²) in [5.41, 5.74) is 20.9. The SMILES string of the molecule is CCCC[C@H]1C(=O)N(C)[C@@H](CCCC)C(=O)N[C@@H](CC(=O)O)C(=O)N[C@H](C(=O)NCC(N)=O)CSCC(=O)N[C@@H](Cc2ccc(O)cc2)C(=O)N(C)[C@@H](C)C(=O)N[C@@H](CC(=O)O)C(=O)N2CCC[C@H]2C(=O)N[C@@H](Cc2c[nH]cn2)C(=O)N[C@@H](CCCCN)C(=O)N2C[C@H](O)C[C@H]2C(C)C[C@@H](Cc2c[nH]c3ccccc23)C(=O)N[C@@H](CCCCN)C(=O)N[C@@H](Cc2c[nH]c3ccccc23)C(=O)N1C. The van der Waals surface area contributed by atoms with Crippen LogP contribution in [0.25, 0.3) is 21.8 Å². The Morgan fingerprint density at radius 1 is 0.526 bits per heavy atom. The Morgan fingerprint density at radius 3 is 1.68 bits per heavy atom. The maximum absolute atomic E-state index is 15.9. The summed E-state index contributed by atoms with van der Waals surface area (Å²) >= 11 is 0.688. The highest BCUT2D eigenvalue weighted by molar-refractivity contribution is 8.00. The van der Waals surface area contributed by atoms with Crippen LogP contribution in [-0.4, -0.2) is 315 Å². The molecular formula is C94H133N21O21S. The van der Waals surface area contributed by atoms with E-state index in [0.29, 0.717) is 78.7 Å². The van der Waals surface area contributed by atoms with Crippen LogP contribution in [0, 0.1) is 11.8 Å². The molecule has 3 fully saturated rings. The van der Waals surface area contributed by atoms with Crippen LogP contribution in [0.5, 0.6) is 5.75 Å². The molecule has 43 heteroatoms. The van der Waals surface area contributed by atoms with Crippen molar-refractivity contribution in [2.45, 2.75) is 254 Å². The molecule has 0 saturated carbocycles. The van der Waals surface area contributed by atoms with Crippen LogP contribution in [-0.2, 0) is 107 Å². The zero-order valence-corrected chi connectivity index (χ0v) is 79.4. The third-order valence-electron chi connectivity index (χ3n) is 25.5. The van der Waals surface area contributed by atoms with Gasteiger partial charge in [-0.2, -0.15) is 0 Å². The minimum absolute atomic E-state index is 0.000447. The molecule has 3 aromatic heterocycles. The number of hydrogen-bond donors (Lipinski definition) is 19. The molecule has 0 spiro atoms. The Labute approximate surface area is 798 Å². The number of aromatic hydroxyl groups is 1. The van der Waals surface area contributed by atoms with E-state index in [1.54, 1.807) is 25.4 Å². The van der Waals surface area contributed by atoms with E-state index in [4.69, 9.17) is 17.2 Å². The smallest absolute Gasteiger partial charge is 0.305 e. The van der Waals surface area contributed by atoms with Crippen LogP contribution in [0.2, 0.25) is 0 Å². The summed E-state index contributed by atoms with van der Waals surface area (Å²) in [4.78, 5) is 268. The number of amides is 15. The predicted molar refractivity (Wildman–Crippen MR) is 506 cm³/mol. The van der Waals surface area contributed by atoms with Crippen molar-refractivity contribution < 1.29 is 102 Å². The van der Waals surface area contributed by atoms with E-state index in [-0.39, 0.29) is 121 Å². The summed E-state index contributed by atoms with van der Waals surface area (Å²) in [7, 11) is 3.88. The van der Waals surface area contributed by atoms with Gasteiger partial charge in [0.1, 0.15) is 78.3 Å². The van der Waals surface area contributed by atoms with E-state index in [2.05, 4.69) is 67.8 Å². The van der Waals surface area contributed by atoms with Crippen molar-refractivity contribution in [1.82, 2.24) is 92.3 Å². The number of nitrogens with one attached hydrogen (secondary N) is 12. The highest BCUT2D eigenvalue weighted by Crippen LogP contribution is 2.34. The number of H-pyrrole nitrogens is 3. The molecule has 9 rings (SSSR count). The number of para-hydroxylation sites is 2. The fraction of sp³-hybridized carbons (Fsp3) is 0.553. The van der Waals surface area contributed by atoms with E-state index < -0.39 is 228 Å². The predicted octanol–water partition coefficient (Wildman–Crippen LogP) is 0.259. The highest BCUT2D eigenvalue weighted by atomic mass is 32.2. The first-order valence-electron chi connectivity index (χ1n) is 46.8. The molecule has 0 radical (unpaired) electrons. The fourth-order valence-corrected chi connectivity index (χ4v) is 18.6. The molecule has 16 atom stereocenters. The molecule has 22 N–H and O–H groups in total. The molecule has 0 bridgehead atoms. The zero-order valence-electron chi connectivity index (χ0n) is 78.5. The van der Waals surface area contributed by atoms with Crippen LogP contribution in [0.3, 0.4) is 0 Å². The lowest BCUT2D eigenvalue weighted by atomic mass is 9.84. The number of aliphatic hydroxyl groups excluding tert-OH is 1. The van der Waals surface area contributed by atoms with Gasteiger partial charge in [-0.15, -0.1) is 11.8 Å². The number of primary amides is 1. The van der Waals surface area contributed by atoms with E-state index in [9.17, 15) is 68.4 Å². The quantitative estimate of drug-likeness (QED) is 0.0280. The number of carboxylic acid groups (broad SMARTS) is 2. The van der Waals surface area contributed by atoms with Crippen molar-refractivity contribution in [3.63, 3.8) is 0 Å². The number of carbonyl (C=O) groups is 17. The number of rotatable bonds is 29. The van der Waals surface area contributed by atoms with Gasteiger partial charge < -0.3 is 125 Å². The van der Waals surface area contributed by atoms with Crippen LogP contribution < -0.4 is 65.1 Å². The third-order valence-corrected chi connectivity index (χ3v) is 26.5. The number of fused-ring (bicyclic) bond motifs is 4. The number of aromatic nitrogens is 4. The summed E-state index contributed by atoms with van der Waals surface area (Å²) in [5.74, 6) is -19.8. The first kappa shape index (κ1) is 108. The van der Waals surface area contributed by atoms with Crippen LogP contribution in [0.4, 0.5) is 0 Å². The Kier molecular flexibility index (Phi) is 41.1. The number of aliphatic carboxylic acids is 2. The summed E-state index contributed by atoms with van der Waals surface area (Å²) in [6.07, 6.45) is 5.38. The number of carboxylic acids is 2. The Bertz CT molecular complexity index is 5190. The minimum atomic E-state index is -2.01. The van der Waals surface area contributed by atoms with Gasteiger partial charge in [0.25, 0.3) is 0 Å².